The fourth-order valence-electron chi connectivity index (χ4n) is 3.08. The van der Waals surface area contributed by atoms with E-state index < -0.39 is 0 Å². The molecule has 0 saturated heterocycles. The second-order valence-electron chi connectivity index (χ2n) is 5.51. The minimum Gasteiger partial charge on any atom is -0.496 e. The highest BCUT2D eigenvalue weighted by atomic mass is 35.5. The number of aromatic nitrogens is 1. The first-order valence-corrected chi connectivity index (χ1v) is 7.91. The molecule has 2 heterocycles. The largest absolute Gasteiger partial charge is 0.496 e. The number of nitrogens with two attached hydrogens (primary N) is 1. The molecule has 8 heteroatoms. The van der Waals surface area contributed by atoms with Gasteiger partial charge in [-0.1, -0.05) is 11.6 Å². The molecule has 3 rings (SSSR count). The Labute approximate surface area is 143 Å². The van der Waals surface area contributed by atoms with Crippen molar-refractivity contribution >= 4 is 40.5 Å². The van der Waals surface area contributed by atoms with Crippen molar-refractivity contribution in [3.8, 4) is 5.75 Å². The zero-order chi connectivity index (χ0) is 17.3. The van der Waals surface area contributed by atoms with E-state index >= 15 is 0 Å². The average Bonchev–Trinajstić information content (AvgIpc) is 2.94. The van der Waals surface area contributed by atoms with E-state index in [4.69, 9.17) is 22.2 Å². The number of amides is 1. The third-order valence-electron chi connectivity index (χ3n) is 4.13. The minimum atomic E-state index is -0.366. The van der Waals surface area contributed by atoms with Crippen LogP contribution in [0.1, 0.15) is 40.1 Å². The topological polar surface area (TPSA) is 98.7 Å². The van der Waals surface area contributed by atoms with Crippen LogP contribution in [-0.2, 0) is 6.54 Å². The quantitative estimate of drug-likeness (QED) is 0.385. The van der Waals surface area contributed by atoms with Crippen LogP contribution >= 0.6 is 11.6 Å². The van der Waals surface area contributed by atoms with Gasteiger partial charge in [0.25, 0.3) is 5.91 Å². The minimum absolute atomic E-state index is 0.0111. The highest BCUT2D eigenvalue weighted by Crippen LogP contribution is 2.38. The zero-order valence-electron chi connectivity index (χ0n) is 13.1. The lowest BCUT2D eigenvalue weighted by Gasteiger charge is -2.17. The Bertz CT molecular complexity index is 857. The first kappa shape index (κ1) is 16.3. The summed E-state index contributed by atoms with van der Waals surface area (Å²) in [5.74, 6) is 5.08. The van der Waals surface area contributed by atoms with E-state index in [2.05, 4.69) is 10.4 Å². The predicted octanol–water partition coefficient (Wildman–Crippen LogP) is 2.30. The molecule has 0 spiro atoms. The van der Waals surface area contributed by atoms with Crippen molar-refractivity contribution in [2.75, 3.05) is 7.11 Å². The molecule has 0 radical (unpaired) electrons. The van der Waals surface area contributed by atoms with E-state index in [1.165, 1.54) is 7.11 Å². The summed E-state index contributed by atoms with van der Waals surface area (Å²) in [7, 11) is 1.50. The van der Waals surface area contributed by atoms with Crippen LogP contribution in [0.2, 0.25) is 5.02 Å². The van der Waals surface area contributed by atoms with Crippen LogP contribution in [0.25, 0.3) is 10.9 Å². The van der Waals surface area contributed by atoms with Gasteiger partial charge in [-0.25, -0.2) is 0 Å². The Morgan fingerprint density at radius 2 is 2.25 bits per heavy atom. The van der Waals surface area contributed by atoms with Gasteiger partial charge in [-0.05, 0) is 18.9 Å². The average molecular weight is 349 g/mol. The van der Waals surface area contributed by atoms with Gasteiger partial charge in [0.1, 0.15) is 17.8 Å². The Hall–Kier alpha value is -2.54. The highest BCUT2D eigenvalue weighted by Gasteiger charge is 2.26. The van der Waals surface area contributed by atoms with E-state index in [1.807, 2.05) is 4.57 Å². The van der Waals surface area contributed by atoms with Crippen LogP contribution in [0, 0.1) is 0 Å². The van der Waals surface area contributed by atoms with Gasteiger partial charge < -0.3 is 20.5 Å². The lowest BCUT2D eigenvalue weighted by molar-refractivity contribution is 0.0957. The third-order valence-corrected chi connectivity index (χ3v) is 4.45. The monoisotopic (exact) mass is 348 g/mol. The number of ether oxygens (including phenoxy) is 1. The normalized spacial score (nSPS) is 14.7. The van der Waals surface area contributed by atoms with E-state index in [9.17, 15) is 9.59 Å². The molecule has 7 nitrogen and oxygen atoms in total. The molecule has 1 aliphatic rings. The number of hydrogen-bond donors (Lipinski definition) is 2. The van der Waals surface area contributed by atoms with E-state index in [0.717, 1.165) is 19.2 Å². The molecule has 0 fully saturated rings. The molecule has 1 amide bonds. The summed E-state index contributed by atoms with van der Waals surface area (Å²) in [5.41, 5.74) is 1.51. The molecule has 1 aromatic heterocycles. The number of benzene rings is 1. The predicted molar refractivity (Wildman–Crippen MR) is 91.8 cm³/mol. The SMILES string of the molecule is COc1cc(Cl)c2cc(C(=O)NC=NN)n3c2c1C(=O)CCCC3. The van der Waals surface area contributed by atoms with Gasteiger partial charge in [0.05, 0.1) is 23.2 Å². The maximum Gasteiger partial charge on any atom is 0.273 e. The van der Waals surface area contributed by atoms with E-state index in [1.54, 1.807) is 12.1 Å². The number of nitrogens with one attached hydrogen (secondary N) is 1. The molecule has 0 saturated carbocycles. The Kier molecular flexibility index (Phi) is 4.44. The van der Waals surface area contributed by atoms with E-state index in [0.29, 0.717) is 45.9 Å². The first-order valence-electron chi connectivity index (χ1n) is 7.54. The van der Waals surface area contributed by atoms with Crippen LogP contribution in [0.3, 0.4) is 0 Å². The number of halogens is 1. The Morgan fingerprint density at radius 3 is 2.96 bits per heavy atom. The van der Waals surface area contributed by atoms with Crippen molar-refractivity contribution in [3.05, 3.63) is 28.4 Å². The summed E-state index contributed by atoms with van der Waals surface area (Å²) in [6.45, 7) is 0.607. The fourth-order valence-corrected chi connectivity index (χ4v) is 3.33. The van der Waals surface area contributed by atoms with Gasteiger partial charge in [0.2, 0.25) is 0 Å². The number of hydrogen-bond acceptors (Lipinski definition) is 5. The first-order chi connectivity index (χ1) is 11.6. The second kappa shape index (κ2) is 6.52. The zero-order valence-corrected chi connectivity index (χ0v) is 13.9. The van der Waals surface area contributed by atoms with Crippen molar-refractivity contribution in [3.63, 3.8) is 0 Å². The summed E-state index contributed by atoms with van der Waals surface area (Å²) in [6.07, 6.45) is 3.09. The van der Waals surface area contributed by atoms with Crippen molar-refractivity contribution < 1.29 is 14.3 Å². The van der Waals surface area contributed by atoms with Crippen molar-refractivity contribution in [2.45, 2.75) is 25.8 Å². The fraction of sp³-hybridized carbons (Fsp3) is 0.312. The molecule has 3 N–H and O–H groups in total. The van der Waals surface area contributed by atoms with Gasteiger partial charge in [-0.2, -0.15) is 5.10 Å². The molecule has 0 bridgehead atoms. The molecule has 0 aliphatic carbocycles. The van der Waals surface area contributed by atoms with Crippen LogP contribution < -0.4 is 15.9 Å². The summed E-state index contributed by atoms with van der Waals surface area (Å²) in [5, 5.41) is 6.83. The molecule has 0 atom stereocenters. The van der Waals surface area contributed by atoms with Crippen LogP contribution in [-0.4, -0.2) is 29.7 Å². The van der Waals surface area contributed by atoms with Gasteiger partial charge in [-0.3, -0.25) is 9.59 Å². The number of rotatable bonds is 3. The molecular weight excluding hydrogens is 332 g/mol. The molecular formula is C16H17ClN4O3. The molecule has 126 valence electrons. The van der Waals surface area contributed by atoms with Gasteiger partial charge in [-0.15, -0.1) is 0 Å². The standard InChI is InChI=1S/C16H17ClN4O3/c1-24-13-7-10(17)9-6-11(16(23)19-8-20-18)21-5-3-2-4-12(22)14(13)15(9)21/h6-8H,2-5,18H2,1H3,(H,19,20,23). The maximum absolute atomic E-state index is 12.6. The molecule has 2 aromatic rings. The Morgan fingerprint density at radius 1 is 1.46 bits per heavy atom. The summed E-state index contributed by atoms with van der Waals surface area (Å²) < 4.78 is 7.17. The van der Waals surface area contributed by atoms with Gasteiger partial charge in [0, 0.05) is 24.4 Å². The summed E-state index contributed by atoms with van der Waals surface area (Å²) in [6, 6.07) is 3.30. The van der Waals surface area contributed by atoms with E-state index in [-0.39, 0.29) is 11.7 Å². The number of carbonyl (C=O) groups excluding carboxylic acids is 2. The number of Topliss-reactive ketones (excluding diaryl/α,β-unsaturated/α-hetero) is 1. The lowest BCUT2D eigenvalue weighted by atomic mass is 10.00. The van der Waals surface area contributed by atoms with Crippen molar-refractivity contribution in [1.29, 1.82) is 0 Å². The lowest BCUT2D eigenvalue weighted by Crippen LogP contribution is -2.25. The van der Waals surface area contributed by atoms with Crippen LogP contribution in [0.5, 0.6) is 5.75 Å². The summed E-state index contributed by atoms with van der Waals surface area (Å²) in [4.78, 5) is 25.0. The number of hydrazone groups is 1. The number of methoxy groups -OCH3 is 1. The van der Waals surface area contributed by atoms with Crippen LogP contribution in [0.4, 0.5) is 0 Å². The van der Waals surface area contributed by atoms with Crippen molar-refractivity contribution in [2.24, 2.45) is 10.9 Å². The van der Waals surface area contributed by atoms with Gasteiger partial charge >= 0.3 is 0 Å². The molecule has 1 aliphatic heterocycles. The Balaban J connectivity index is 2.33. The third kappa shape index (κ3) is 2.60. The maximum atomic E-state index is 12.6. The molecule has 1 aromatic carbocycles. The highest BCUT2D eigenvalue weighted by molar-refractivity contribution is 6.36. The number of ketones is 1. The van der Waals surface area contributed by atoms with Crippen LogP contribution in [0.15, 0.2) is 17.2 Å². The number of carbonyl (C=O) groups is 2. The number of aryl methyl sites for hydroxylation is 1. The summed E-state index contributed by atoms with van der Waals surface area (Å²) >= 11 is 6.35. The molecule has 0 unspecified atom stereocenters. The van der Waals surface area contributed by atoms with Crippen molar-refractivity contribution in [1.82, 2.24) is 9.88 Å². The van der Waals surface area contributed by atoms with Gasteiger partial charge in [0.15, 0.2) is 5.78 Å². The molecule has 24 heavy (non-hydrogen) atoms. The smallest absolute Gasteiger partial charge is 0.273 e. The number of nitrogens with zero attached hydrogens (tertiary/aromatic N) is 2. The second-order valence-corrected chi connectivity index (χ2v) is 5.92.